The van der Waals surface area contributed by atoms with Gasteiger partial charge in [-0.25, -0.2) is 0 Å². The molecule has 1 aromatic carbocycles. The molecule has 0 saturated heterocycles. The summed E-state index contributed by atoms with van der Waals surface area (Å²) in [5, 5.41) is 3.74. The molecule has 1 nitrogen and oxygen atoms in total. The van der Waals surface area contributed by atoms with E-state index in [2.05, 4.69) is 58.1 Å². The van der Waals surface area contributed by atoms with E-state index in [0.29, 0.717) is 11.5 Å². The van der Waals surface area contributed by atoms with Crippen molar-refractivity contribution in [2.45, 2.75) is 53.5 Å². The fourth-order valence-corrected chi connectivity index (χ4v) is 2.90. The highest BCUT2D eigenvalue weighted by Crippen LogP contribution is 2.51. The molecule has 100 valence electrons. The van der Waals surface area contributed by atoms with Crippen LogP contribution in [0.2, 0.25) is 0 Å². The third kappa shape index (κ3) is 2.77. The van der Waals surface area contributed by atoms with Crippen LogP contribution in [-0.2, 0) is 0 Å². The van der Waals surface area contributed by atoms with Gasteiger partial charge in [0.15, 0.2) is 0 Å². The number of rotatable bonds is 5. The molecular weight excluding hydrogens is 218 g/mol. The van der Waals surface area contributed by atoms with Crippen molar-refractivity contribution in [1.29, 1.82) is 0 Å². The Labute approximate surface area is 112 Å². The second-order valence-electron chi connectivity index (χ2n) is 6.48. The Kier molecular flexibility index (Phi) is 3.82. The normalized spacial score (nSPS) is 19.0. The fraction of sp³-hybridized carbons (Fsp3) is 0.647. The van der Waals surface area contributed by atoms with Crippen molar-refractivity contribution in [2.24, 2.45) is 11.3 Å². The van der Waals surface area contributed by atoms with Gasteiger partial charge in [-0.2, -0.15) is 0 Å². The maximum absolute atomic E-state index is 3.74. The largest absolute Gasteiger partial charge is 0.310 e. The summed E-state index contributed by atoms with van der Waals surface area (Å²) in [6.45, 7) is 12.5. The molecule has 0 aromatic heterocycles. The van der Waals surface area contributed by atoms with E-state index in [1.54, 1.807) is 0 Å². The van der Waals surface area contributed by atoms with Crippen molar-refractivity contribution in [3.8, 4) is 0 Å². The summed E-state index contributed by atoms with van der Waals surface area (Å²) in [5.41, 5.74) is 4.79. The van der Waals surface area contributed by atoms with Crippen molar-refractivity contribution in [3.63, 3.8) is 0 Å². The zero-order valence-electron chi connectivity index (χ0n) is 12.5. The first-order valence-electron chi connectivity index (χ1n) is 7.25. The van der Waals surface area contributed by atoms with Crippen molar-refractivity contribution in [1.82, 2.24) is 5.32 Å². The molecule has 0 heterocycles. The Balaban J connectivity index is 1.98. The molecule has 1 N–H and O–H groups in total. The average Bonchev–Trinajstić information content (AvgIpc) is 3.07. The summed E-state index contributed by atoms with van der Waals surface area (Å²) >= 11 is 0. The van der Waals surface area contributed by atoms with Gasteiger partial charge >= 0.3 is 0 Å². The van der Waals surface area contributed by atoms with E-state index >= 15 is 0 Å². The van der Waals surface area contributed by atoms with Crippen LogP contribution in [0.4, 0.5) is 0 Å². The molecule has 1 aliphatic rings. The lowest BCUT2D eigenvalue weighted by Crippen LogP contribution is -2.30. The molecular formula is C17H27N. The van der Waals surface area contributed by atoms with Crippen molar-refractivity contribution in [2.75, 3.05) is 6.54 Å². The molecule has 1 fully saturated rings. The third-order valence-electron chi connectivity index (χ3n) is 4.77. The molecule has 1 atom stereocenters. The molecule has 0 amide bonds. The molecule has 1 aromatic rings. The van der Waals surface area contributed by atoms with Gasteiger partial charge in [0.1, 0.15) is 0 Å². The predicted octanol–water partition coefficient (Wildman–Crippen LogP) is 4.39. The van der Waals surface area contributed by atoms with Crippen molar-refractivity contribution >= 4 is 0 Å². The Morgan fingerprint density at radius 2 is 1.83 bits per heavy atom. The number of benzene rings is 1. The van der Waals surface area contributed by atoms with Gasteiger partial charge in [-0.3, -0.25) is 0 Å². The molecule has 18 heavy (non-hydrogen) atoms. The van der Waals surface area contributed by atoms with Gasteiger partial charge < -0.3 is 5.32 Å². The van der Waals surface area contributed by atoms with Crippen LogP contribution in [0.5, 0.6) is 0 Å². The van der Waals surface area contributed by atoms with Gasteiger partial charge in [-0.15, -0.1) is 0 Å². The Hall–Kier alpha value is -0.820. The summed E-state index contributed by atoms with van der Waals surface area (Å²) in [4.78, 5) is 0. The zero-order chi connectivity index (χ0) is 13.3. The summed E-state index contributed by atoms with van der Waals surface area (Å²) in [5.74, 6) is 0.802. The van der Waals surface area contributed by atoms with Gasteiger partial charge in [0, 0.05) is 12.6 Å². The second kappa shape index (κ2) is 5.05. The predicted molar refractivity (Wildman–Crippen MR) is 78.8 cm³/mol. The summed E-state index contributed by atoms with van der Waals surface area (Å²) in [6.07, 6.45) is 2.80. The van der Waals surface area contributed by atoms with Gasteiger partial charge in [-0.05, 0) is 56.1 Å². The van der Waals surface area contributed by atoms with Crippen LogP contribution >= 0.6 is 0 Å². The van der Waals surface area contributed by atoms with Crippen LogP contribution < -0.4 is 5.32 Å². The lowest BCUT2D eigenvalue weighted by atomic mass is 9.91. The van der Waals surface area contributed by atoms with Crippen molar-refractivity contribution < 1.29 is 0 Å². The lowest BCUT2D eigenvalue weighted by Gasteiger charge is -2.24. The van der Waals surface area contributed by atoms with E-state index in [-0.39, 0.29) is 0 Å². The van der Waals surface area contributed by atoms with Crippen LogP contribution in [0.15, 0.2) is 18.2 Å². The molecule has 0 radical (unpaired) electrons. The summed E-state index contributed by atoms with van der Waals surface area (Å²) in [6, 6.07) is 7.23. The highest BCUT2D eigenvalue weighted by atomic mass is 14.9. The minimum absolute atomic E-state index is 0.460. The number of hydrogen-bond donors (Lipinski definition) is 1. The van der Waals surface area contributed by atoms with Crippen LogP contribution in [0.1, 0.15) is 56.3 Å². The number of aryl methyl sites for hydroxylation is 2. The lowest BCUT2D eigenvalue weighted by molar-refractivity contribution is 0.325. The van der Waals surface area contributed by atoms with Gasteiger partial charge in [0.25, 0.3) is 0 Å². The van der Waals surface area contributed by atoms with Gasteiger partial charge in [0.2, 0.25) is 0 Å². The molecule has 0 bridgehead atoms. The molecule has 1 saturated carbocycles. The first kappa shape index (κ1) is 13.6. The quantitative estimate of drug-likeness (QED) is 0.811. The first-order chi connectivity index (χ1) is 8.44. The minimum atomic E-state index is 0.460. The second-order valence-corrected chi connectivity index (χ2v) is 6.48. The standard InChI is InChI=1S/C17H27N/c1-12(2)17(8-9-17)11-18-15(5)16-7-6-13(3)10-14(16)4/h6-7,10,12,15,18H,8-9,11H2,1-5H3. The maximum atomic E-state index is 3.74. The Morgan fingerprint density at radius 1 is 1.17 bits per heavy atom. The smallest absolute Gasteiger partial charge is 0.0294 e. The van der Waals surface area contributed by atoms with Crippen LogP contribution in [0, 0.1) is 25.2 Å². The molecule has 0 spiro atoms. The molecule has 2 rings (SSSR count). The van der Waals surface area contributed by atoms with E-state index in [0.717, 1.165) is 5.92 Å². The first-order valence-corrected chi connectivity index (χ1v) is 7.25. The fourth-order valence-electron chi connectivity index (χ4n) is 2.90. The maximum Gasteiger partial charge on any atom is 0.0294 e. The SMILES string of the molecule is Cc1ccc(C(C)NCC2(C(C)C)CC2)c(C)c1. The van der Waals surface area contributed by atoms with E-state index in [1.807, 2.05) is 0 Å². The molecule has 0 aliphatic heterocycles. The number of hydrogen-bond acceptors (Lipinski definition) is 1. The van der Waals surface area contributed by atoms with Crippen LogP contribution in [0.3, 0.4) is 0 Å². The van der Waals surface area contributed by atoms with E-state index < -0.39 is 0 Å². The summed E-state index contributed by atoms with van der Waals surface area (Å²) in [7, 11) is 0. The zero-order valence-corrected chi connectivity index (χ0v) is 12.5. The van der Waals surface area contributed by atoms with E-state index in [4.69, 9.17) is 0 Å². The Morgan fingerprint density at radius 3 is 2.33 bits per heavy atom. The molecule has 1 heteroatoms. The Bertz CT molecular complexity index is 416. The topological polar surface area (TPSA) is 12.0 Å². The van der Waals surface area contributed by atoms with Crippen LogP contribution in [0.25, 0.3) is 0 Å². The molecule has 1 aliphatic carbocycles. The monoisotopic (exact) mass is 245 g/mol. The average molecular weight is 245 g/mol. The van der Waals surface area contributed by atoms with Crippen molar-refractivity contribution in [3.05, 3.63) is 34.9 Å². The van der Waals surface area contributed by atoms with Gasteiger partial charge in [0.05, 0.1) is 0 Å². The molecule has 1 unspecified atom stereocenters. The highest BCUT2D eigenvalue weighted by Gasteiger charge is 2.44. The third-order valence-corrected chi connectivity index (χ3v) is 4.77. The van der Waals surface area contributed by atoms with E-state index in [1.165, 1.54) is 36.1 Å². The minimum Gasteiger partial charge on any atom is -0.310 e. The van der Waals surface area contributed by atoms with Gasteiger partial charge in [-0.1, -0.05) is 37.6 Å². The van der Waals surface area contributed by atoms with E-state index in [9.17, 15) is 0 Å². The highest BCUT2D eigenvalue weighted by molar-refractivity contribution is 5.32. The number of nitrogens with one attached hydrogen (secondary N) is 1. The van der Waals surface area contributed by atoms with Crippen LogP contribution in [-0.4, -0.2) is 6.54 Å². The summed E-state index contributed by atoms with van der Waals surface area (Å²) < 4.78 is 0.